The summed E-state index contributed by atoms with van der Waals surface area (Å²) in [5, 5.41) is 4.03. The van der Waals surface area contributed by atoms with Crippen molar-refractivity contribution in [1.29, 1.82) is 0 Å². The highest BCUT2D eigenvalue weighted by Crippen LogP contribution is 2.27. The molecule has 2 aromatic rings. The van der Waals surface area contributed by atoms with Crippen LogP contribution < -0.4 is 10.1 Å². The van der Waals surface area contributed by atoms with E-state index in [9.17, 15) is 4.79 Å². The van der Waals surface area contributed by atoms with Crippen LogP contribution >= 0.6 is 12.4 Å². The zero-order valence-electron chi connectivity index (χ0n) is 15.7. The fourth-order valence-corrected chi connectivity index (χ4v) is 3.62. The van der Waals surface area contributed by atoms with Gasteiger partial charge in [0.1, 0.15) is 5.56 Å². The van der Waals surface area contributed by atoms with Crippen molar-refractivity contribution in [2.24, 2.45) is 5.92 Å². The van der Waals surface area contributed by atoms with Crippen LogP contribution in [0.4, 0.5) is 0 Å². The summed E-state index contributed by atoms with van der Waals surface area (Å²) < 4.78 is 5.37. The lowest BCUT2D eigenvalue weighted by atomic mass is 9.96. The summed E-state index contributed by atoms with van der Waals surface area (Å²) in [6, 6.07) is 7.81. The van der Waals surface area contributed by atoms with Gasteiger partial charge in [0.05, 0.1) is 7.11 Å². The van der Waals surface area contributed by atoms with E-state index in [1.54, 1.807) is 7.11 Å². The Hall–Kier alpha value is -1.72. The Bertz CT molecular complexity index is 708. The van der Waals surface area contributed by atoms with Crippen LogP contribution in [0.25, 0.3) is 10.9 Å². The number of amides is 1. The van der Waals surface area contributed by atoms with Crippen LogP contribution in [0.5, 0.6) is 5.88 Å². The number of fused-ring (bicyclic) bond motifs is 1. The standard InChI is InChI=1S/C20H29N3O2.ClH/c1-3-4-11-23-12-9-15(10-13-23)14-21-19(24)18-16-7-5-6-8-17(16)22-20(18)25-2;/h5-8,15,22H,3-4,9-14H2,1-2H3,(H,21,24);1H. The third-order valence-corrected chi connectivity index (χ3v) is 5.19. The van der Waals surface area contributed by atoms with Gasteiger partial charge < -0.3 is 19.9 Å². The monoisotopic (exact) mass is 379 g/mol. The van der Waals surface area contributed by atoms with Crippen LogP contribution in [0.2, 0.25) is 0 Å². The molecule has 144 valence electrons. The smallest absolute Gasteiger partial charge is 0.257 e. The van der Waals surface area contributed by atoms with E-state index in [0.717, 1.165) is 43.4 Å². The topological polar surface area (TPSA) is 57.4 Å². The van der Waals surface area contributed by atoms with E-state index < -0.39 is 0 Å². The van der Waals surface area contributed by atoms with Gasteiger partial charge >= 0.3 is 0 Å². The molecule has 1 aromatic heterocycles. The average Bonchev–Trinajstić information content (AvgIpc) is 3.04. The molecule has 1 amide bonds. The second-order valence-corrected chi connectivity index (χ2v) is 6.93. The second kappa shape index (κ2) is 9.83. The molecule has 0 radical (unpaired) electrons. The van der Waals surface area contributed by atoms with Gasteiger partial charge in [0.2, 0.25) is 5.88 Å². The molecule has 1 aliphatic rings. The Morgan fingerprint density at radius 2 is 2.04 bits per heavy atom. The van der Waals surface area contributed by atoms with E-state index in [0.29, 0.717) is 17.4 Å². The molecular weight excluding hydrogens is 350 g/mol. The van der Waals surface area contributed by atoms with Gasteiger partial charge in [-0.15, -0.1) is 12.4 Å². The van der Waals surface area contributed by atoms with Gasteiger partial charge in [-0.1, -0.05) is 31.5 Å². The Morgan fingerprint density at radius 1 is 1.31 bits per heavy atom. The molecular formula is C20H30ClN3O2. The van der Waals surface area contributed by atoms with Gasteiger partial charge in [0, 0.05) is 17.4 Å². The number of ether oxygens (including phenoxy) is 1. The SMILES string of the molecule is CCCCN1CCC(CNC(=O)c2c(OC)[nH]c3ccccc23)CC1.Cl. The lowest BCUT2D eigenvalue weighted by Crippen LogP contribution is -2.39. The van der Waals surface area contributed by atoms with Gasteiger partial charge in [-0.25, -0.2) is 0 Å². The Morgan fingerprint density at radius 3 is 2.73 bits per heavy atom. The van der Waals surface area contributed by atoms with Crippen molar-refractivity contribution in [3.63, 3.8) is 0 Å². The van der Waals surface area contributed by atoms with Crippen molar-refractivity contribution in [1.82, 2.24) is 15.2 Å². The molecule has 26 heavy (non-hydrogen) atoms. The average molecular weight is 380 g/mol. The molecule has 0 bridgehead atoms. The number of H-pyrrole nitrogens is 1. The fourth-order valence-electron chi connectivity index (χ4n) is 3.62. The third kappa shape index (κ3) is 4.71. The molecule has 2 N–H and O–H groups in total. The van der Waals surface area contributed by atoms with Crippen molar-refractivity contribution in [2.45, 2.75) is 32.6 Å². The van der Waals surface area contributed by atoms with Crippen LogP contribution in [0.15, 0.2) is 24.3 Å². The molecule has 0 unspecified atom stereocenters. The summed E-state index contributed by atoms with van der Waals surface area (Å²) in [5.41, 5.74) is 1.53. The first-order valence-corrected chi connectivity index (χ1v) is 9.38. The van der Waals surface area contributed by atoms with Crippen LogP contribution in [0, 0.1) is 5.92 Å². The quantitative estimate of drug-likeness (QED) is 0.768. The number of unbranched alkanes of at least 4 members (excludes halogenated alkanes) is 1. The van der Waals surface area contributed by atoms with Crippen LogP contribution in [0.3, 0.4) is 0 Å². The van der Waals surface area contributed by atoms with Gasteiger partial charge in [0.25, 0.3) is 5.91 Å². The Labute approximate surface area is 161 Å². The summed E-state index contributed by atoms with van der Waals surface area (Å²) >= 11 is 0. The number of nitrogens with zero attached hydrogens (tertiary/aromatic N) is 1. The van der Waals surface area contributed by atoms with E-state index in [1.807, 2.05) is 24.3 Å². The number of para-hydroxylation sites is 1. The molecule has 1 aromatic carbocycles. The first kappa shape index (κ1) is 20.6. The lowest BCUT2D eigenvalue weighted by molar-refractivity contribution is 0.0934. The molecule has 0 spiro atoms. The molecule has 1 aliphatic heterocycles. The fraction of sp³-hybridized carbons (Fsp3) is 0.550. The number of carbonyl (C=O) groups is 1. The van der Waals surface area contributed by atoms with Gasteiger partial charge in [-0.05, 0) is 50.9 Å². The predicted octanol–water partition coefficient (Wildman–Crippen LogP) is 3.84. The number of benzene rings is 1. The number of likely N-dealkylation sites (tertiary alicyclic amines) is 1. The zero-order valence-corrected chi connectivity index (χ0v) is 16.5. The number of carbonyl (C=O) groups excluding carboxylic acids is 1. The number of nitrogens with one attached hydrogen (secondary N) is 2. The van der Waals surface area contributed by atoms with E-state index in [2.05, 4.69) is 22.1 Å². The Kier molecular flexibility index (Phi) is 7.79. The van der Waals surface area contributed by atoms with Crippen LogP contribution in [-0.2, 0) is 0 Å². The third-order valence-electron chi connectivity index (χ3n) is 5.19. The van der Waals surface area contributed by atoms with Crippen LogP contribution in [0.1, 0.15) is 43.0 Å². The molecule has 1 saturated heterocycles. The van der Waals surface area contributed by atoms with E-state index in [4.69, 9.17) is 4.74 Å². The molecule has 3 rings (SSSR count). The largest absolute Gasteiger partial charge is 0.482 e. The minimum Gasteiger partial charge on any atom is -0.482 e. The molecule has 0 atom stereocenters. The molecule has 2 heterocycles. The minimum atomic E-state index is -0.0530. The maximum Gasteiger partial charge on any atom is 0.257 e. The molecule has 6 heteroatoms. The highest BCUT2D eigenvalue weighted by atomic mass is 35.5. The number of rotatable bonds is 7. The first-order chi connectivity index (χ1) is 12.2. The van der Waals surface area contributed by atoms with E-state index in [1.165, 1.54) is 19.4 Å². The predicted molar refractivity (Wildman–Crippen MR) is 109 cm³/mol. The molecule has 0 saturated carbocycles. The van der Waals surface area contributed by atoms with Crippen LogP contribution in [-0.4, -0.2) is 49.1 Å². The minimum absolute atomic E-state index is 0. The number of piperidine rings is 1. The van der Waals surface area contributed by atoms with Gasteiger partial charge in [-0.3, -0.25) is 4.79 Å². The number of aromatic amines is 1. The van der Waals surface area contributed by atoms with Gasteiger partial charge in [0.15, 0.2) is 0 Å². The van der Waals surface area contributed by atoms with E-state index >= 15 is 0 Å². The number of hydrogen-bond donors (Lipinski definition) is 2. The molecule has 1 fully saturated rings. The summed E-state index contributed by atoms with van der Waals surface area (Å²) in [4.78, 5) is 18.4. The van der Waals surface area contributed by atoms with Gasteiger partial charge in [-0.2, -0.15) is 0 Å². The molecule has 0 aliphatic carbocycles. The van der Waals surface area contributed by atoms with Crippen molar-refractivity contribution in [3.8, 4) is 5.88 Å². The summed E-state index contributed by atoms with van der Waals surface area (Å²) in [5.74, 6) is 1.05. The van der Waals surface area contributed by atoms with Crippen molar-refractivity contribution < 1.29 is 9.53 Å². The number of halogens is 1. The Balaban J connectivity index is 0.00000243. The van der Waals surface area contributed by atoms with Crippen molar-refractivity contribution in [3.05, 3.63) is 29.8 Å². The zero-order chi connectivity index (χ0) is 17.6. The summed E-state index contributed by atoms with van der Waals surface area (Å²) in [6.07, 6.45) is 4.86. The highest BCUT2D eigenvalue weighted by Gasteiger charge is 2.22. The normalized spacial score (nSPS) is 15.6. The highest BCUT2D eigenvalue weighted by molar-refractivity contribution is 6.09. The number of aromatic nitrogens is 1. The summed E-state index contributed by atoms with van der Waals surface area (Å²) in [6.45, 7) is 6.49. The lowest BCUT2D eigenvalue weighted by Gasteiger charge is -2.31. The molecule has 5 nitrogen and oxygen atoms in total. The van der Waals surface area contributed by atoms with E-state index in [-0.39, 0.29) is 18.3 Å². The maximum atomic E-state index is 12.7. The number of hydrogen-bond acceptors (Lipinski definition) is 3. The first-order valence-electron chi connectivity index (χ1n) is 9.38. The summed E-state index contributed by atoms with van der Waals surface area (Å²) in [7, 11) is 1.59. The van der Waals surface area contributed by atoms with Crippen molar-refractivity contribution >= 4 is 29.2 Å². The maximum absolute atomic E-state index is 12.7. The number of methoxy groups -OCH3 is 1. The van der Waals surface area contributed by atoms with Crippen molar-refractivity contribution in [2.75, 3.05) is 33.3 Å². The second-order valence-electron chi connectivity index (χ2n) is 6.93.